The molecule has 1 fully saturated rings. The topological polar surface area (TPSA) is 60.4 Å². The Morgan fingerprint density at radius 2 is 2.12 bits per heavy atom. The van der Waals surface area contributed by atoms with Gasteiger partial charge in [-0.15, -0.1) is 6.42 Å². The minimum atomic E-state index is -1.27. The first-order valence-electron chi connectivity index (χ1n) is 7.62. The second-order valence-corrected chi connectivity index (χ2v) is 6.00. The first-order chi connectivity index (χ1) is 11.4. The van der Waals surface area contributed by atoms with Gasteiger partial charge in [0.15, 0.2) is 11.9 Å². The quantitative estimate of drug-likeness (QED) is 0.487. The number of carbonyl (C=O) groups is 3. The molecule has 4 heteroatoms. The highest BCUT2D eigenvalue weighted by Gasteiger charge is 2.59. The highest BCUT2D eigenvalue weighted by Crippen LogP contribution is 2.48. The average molecular weight is 322 g/mol. The number of terminal acetylenes is 1. The van der Waals surface area contributed by atoms with Crippen LogP contribution in [0.2, 0.25) is 0 Å². The van der Waals surface area contributed by atoms with Crippen LogP contribution < -0.4 is 0 Å². The molecule has 0 bridgehead atoms. The fourth-order valence-corrected chi connectivity index (χ4v) is 3.01. The Morgan fingerprint density at radius 3 is 2.75 bits per heavy atom. The second-order valence-electron chi connectivity index (χ2n) is 6.00. The first kappa shape index (κ1) is 17.5. The lowest BCUT2D eigenvalue weighted by atomic mass is 9.73. The minimum absolute atomic E-state index is 0.0697. The maximum Gasteiger partial charge on any atom is 0.304 e. The van der Waals surface area contributed by atoms with Gasteiger partial charge in [-0.2, -0.15) is 0 Å². The van der Waals surface area contributed by atoms with E-state index in [1.807, 2.05) is 0 Å². The number of hydrogen-bond acceptors (Lipinski definition) is 4. The maximum absolute atomic E-state index is 12.4. The van der Waals surface area contributed by atoms with Crippen molar-refractivity contribution >= 4 is 18.0 Å². The Labute approximate surface area is 141 Å². The summed E-state index contributed by atoms with van der Waals surface area (Å²) in [6, 6.07) is 6.94. The van der Waals surface area contributed by atoms with E-state index in [2.05, 4.69) is 17.8 Å². The molecule has 1 aromatic rings. The van der Waals surface area contributed by atoms with Crippen molar-refractivity contribution < 1.29 is 19.1 Å². The van der Waals surface area contributed by atoms with E-state index in [1.165, 1.54) is 6.92 Å². The van der Waals surface area contributed by atoms with Gasteiger partial charge in [-0.05, 0) is 13.0 Å². The van der Waals surface area contributed by atoms with E-state index in [-0.39, 0.29) is 18.6 Å². The molecule has 1 aromatic carbocycles. The van der Waals surface area contributed by atoms with Crippen LogP contribution in [0.15, 0.2) is 24.3 Å². The van der Waals surface area contributed by atoms with E-state index < -0.39 is 17.0 Å². The van der Waals surface area contributed by atoms with Crippen molar-refractivity contribution in [3.8, 4) is 24.2 Å². The average Bonchev–Trinajstić information content (AvgIpc) is 2.80. The molecule has 2 rings (SSSR count). The SMILES string of the molecule is C#CC1(OC(C)=O)CCC(=O)C1(C)CC#Cc1ccccc1C=O. The first-order valence-corrected chi connectivity index (χ1v) is 7.62. The molecule has 0 radical (unpaired) electrons. The Kier molecular flexibility index (Phi) is 4.90. The van der Waals surface area contributed by atoms with Gasteiger partial charge in [-0.1, -0.05) is 36.0 Å². The van der Waals surface area contributed by atoms with Crippen LogP contribution in [0.5, 0.6) is 0 Å². The van der Waals surface area contributed by atoms with Gasteiger partial charge >= 0.3 is 5.97 Å². The summed E-state index contributed by atoms with van der Waals surface area (Å²) >= 11 is 0. The van der Waals surface area contributed by atoms with Crippen LogP contribution in [0.3, 0.4) is 0 Å². The zero-order valence-electron chi connectivity index (χ0n) is 13.7. The Morgan fingerprint density at radius 1 is 1.42 bits per heavy atom. The number of Topliss-reactive ketones (excluding diaryl/α,β-unsaturated/α-hetero) is 1. The largest absolute Gasteiger partial charge is 0.445 e. The molecule has 0 saturated heterocycles. The molecular weight excluding hydrogens is 304 g/mol. The molecule has 2 unspecified atom stereocenters. The van der Waals surface area contributed by atoms with Crippen molar-refractivity contribution in [1.82, 2.24) is 0 Å². The Bertz CT molecular complexity index is 790. The molecule has 0 heterocycles. The number of hydrogen-bond donors (Lipinski definition) is 0. The molecule has 4 nitrogen and oxygen atoms in total. The predicted octanol–water partition coefficient (Wildman–Crippen LogP) is 2.55. The van der Waals surface area contributed by atoms with Crippen LogP contribution in [0.4, 0.5) is 0 Å². The van der Waals surface area contributed by atoms with E-state index in [4.69, 9.17) is 11.2 Å². The molecule has 0 spiro atoms. The van der Waals surface area contributed by atoms with E-state index in [0.29, 0.717) is 17.5 Å². The summed E-state index contributed by atoms with van der Waals surface area (Å²) < 4.78 is 5.36. The third-order valence-electron chi connectivity index (χ3n) is 4.51. The van der Waals surface area contributed by atoms with Gasteiger partial charge < -0.3 is 4.74 Å². The Balaban J connectivity index is 2.34. The summed E-state index contributed by atoms with van der Waals surface area (Å²) in [4.78, 5) is 34.9. The van der Waals surface area contributed by atoms with Crippen LogP contribution in [0.25, 0.3) is 0 Å². The lowest BCUT2D eigenvalue weighted by Gasteiger charge is -2.36. The Hall–Kier alpha value is -2.85. The van der Waals surface area contributed by atoms with Crippen LogP contribution in [0.1, 0.15) is 49.0 Å². The molecule has 24 heavy (non-hydrogen) atoms. The predicted molar refractivity (Wildman–Crippen MR) is 89.0 cm³/mol. The van der Waals surface area contributed by atoms with Gasteiger partial charge in [0.1, 0.15) is 5.78 Å². The molecule has 1 aliphatic carbocycles. The maximum atomic E-state index is 12.4. The van der Waals surface area contributed by atoms with Crippen molar-refractivity contribution in [2.75, 3.05) is 0 Å². The summed E-state index contributed by atoms with van der Waals surface area (Å²) in [5.41, 5.74) is -1.26. The molecule has 1 saturated carbocycles. The normalized spacial score (nSPS) is 25.3. The number of aldehydes is 1. The van der Waals surface area contributed by atoms with E-state index in [9.17, 15) is 14.4 Å². The summed E-state index contributed by atoms with van der Waals surface area (Å²) in [5, 5.41) is 0. The van der Waals surface area contributed by atoms with Gasteiger partial charge in [0.2, 0.25) is 0 Å². The molecule has 0 aromatic heterocycles. The fourth-order valence-electron chi connectivity index (χ4n) is 3.01. The number of rotatable bonds is 3. The summed E-state index contributed by atoms with van der Waals surface area (Å²) in [5.74, 6) is 7.77. The molecule has 0 N–H and O–H groups in total. The number of esters is 1. The molecule has 122 valence electrons. The van der Waals surface area contributed by atoms with Crippen molar-refractivity contribution in [3.05, 3.63) is 35.4 Å². The van der Waals surface area contributed by atoms with Gasteiger partial charge in [-0.3, -0.25) is 14.4 Å². The van der Waals surface area contributed by atoms with E-state index in [0.717, 1.165) is 6.29 Å². The van der Waals surface area contributed by atoms with Crippen LogP contribution >= 0.6 is 0 Å². The van der Waals surface area contributed by atoms with Crippen molar-refractivity contribution in [2.24, 2.45) is 5.41 Å². The standard InChI is InChI=1S/C20H18O4/c1-4-20(24-15(2)22)13-11-18(23)19(20,3)12-7-10-16-8-5-6-9-17(16)14-21/h1,5-6,8-9,14H,11-13H2,2-3H3. The third kappa shape index (κ3) is 2.96. The van der Waals surface area contributed by atoms with E-state index >= 15 is 0 Å². The van der Waals surface area contributed by atoms with Gasteiger partial charge in [-0.25, -0.2) is 0 Å². The lowest BCUT2D eigenvalue weighted by molar-refractivity contribution is -0.161. The van der Waals surface area contributed by atoms with Gasteiger partial charge in [0.05, 0.1) is 5.41 Å². The smallest absolute Gasteiger partial charge is 0.304 e. The molecule has 2 atom stereocenters. The number of ether oxygens (including phenoxy) is 1. The van der Waals surface area contributed by atoms with Gasteiger partial charge in [0, 0.05) is 37.3 Å². The number of carbonyl (C=O) groups excluding carboxylic acids is 3. The summed E-state index contributed by atoms with van der Waals surface area (Å²) in [7, 11) is 0. The summed E-state index contributed by atoms with van der Waals surface area (Å²) in [6.45, 7) is 2.96. The second kappa shape index (κ2) is 6.72. The highest BCUT2D eigenvalue weighted by atomic mass is 16.6. The van der Waals surface area contributed by atoms with Crippen molar-refractivity contribution in [1.29, 1.82) is 0 Å². The number of benzene rings is 1. The van der Waals surface area contributed by atoms with Crippen LogP contribution in [-0.2, 0) is 14.3 Å². The molecule has 0 aliphatic heterocycles. The van der Waals surface area contributed by atoms with Crippen molar-refractivity contribution in [2.45, 2.75) is 38.7 Å². The molecular formula is C20H18O4. The van der Waals surface area contributed by atoms with Crippen molar-refractivity contribution in [3.63, 3.8) is 0 Å². The molecule has 0 amide bonds. The third-order valence-corrected chi connectivity index (χ3v) is 4.51. The minimum Gasteiger partial charge on any atom is -0.445 e. The fraction of sp³-hybridized carbons (Fsp3) is 0.350. The summed E-state index contributed by atoms with van der Waals surface area (Å²) in [6.07, 6.45) is 7.04. The monoisotopic (exact) mass is 322 g/mol. The van der Waals surface area contributed by atoms with Crippen LogP contribution in [0, 0.1) is 29.6 Å². The number of ketones is 1. The zero-order chi connectivity index (χ0) is 17.8. The van der Waals surface area contributed by atoms with Crippen LogP contribution in [-0.4, -0.2) is 23.6 Å². The lowest BCUT2D eigenvalue weighted by Crippen LogP contribution is -2.47. The molecule has 1 aliphatic rings. The van der Waals surface area contributed by atoms with E-state index in [1.54, 1.807) is 31.2 Å². The highest BCUT2D eigenvalue weighted by molar-refractivity contribution is 5.90. The zero-order valence-corrected chi connectivity index (χ0v) is 13.7. The van der Waals surface area contributed by atoms with Gasteiger partial charge in [0.25, 0.3) is 0 Å².